The topological polar surface area (TPSA) is 52.6 Å². The van der Waals surface area contributed by atoms with Gasteiger partial charge in [-0.1, -0.05) is 26.8 Å². The van der Waals surface area contributed by atoms with E-state index >= 15 is 0 Å². The third kappa shape index (κ3) is 4.71. The van der Waals surface area contributed by atoms with Crippen molar-refractivity contribution in [2.75, 3.05) is 31.6 Å². The maximum atomic E-state index is 12.8. The number of nitrogens with one attached hydrogen (secondary N) is 1. The van der Waals surface area contributed by atoms with E-state index in [4.69, 9.17) is 5.11 Å². The second kappa shape index (κ2) is 7.82. The lowest BCUT2D eigenvalue weighted by Crippen LogP contribution is -2.42. The quantitative estimate of drug-likeness (QED) is 0.877. The first kappa shape index (κ1) is 17.8. The van der Waals surface area contributed by atoms with Crippen molar-refractivity contribution in [1.29, 1.82) is 0 Å². The van der Waals surface area contributed by atoms with Crippen LogP contribution in [0.25, 0.3) is 0 Å². The molecule has 1 fully saturated rings. The van der Waals surface area contributed by atoms with E-state index in [0.29, 0.717) is 18.4 Å². The van der Waals surface area contributed by atoms with Crippen LogP contribution in [0.3, 0.4) is 0 Å². The molecule has 23 heavy (non-hydrogen) atoms. The molecule has 1 amide bonds. The Morgan fingerprint density at radius 1 is 1.35 bits per heavy atom. The van der Waals surface area contributed by atoms with E-state index in [-0.39, 0.29) is 18.4 Å². The first-order chi connectivity index (χ1) is 10.9. The highest BCUT2D eigenvalue weighted by atomic mass is 16.3. The lowest BCUT2D eigenvalue weighted by Gasteiger charge is -2.35. The van der Waals surface area contributed by atoms with Gasteiger partial charge in [-0.15, -0.1) is 0 Å². The van der Waals surface area contributed by atoms with E-state index in [1.807, 2.05) is 36.9 Å². The standard InChI is InChI=1S/C19H30N2O2/c1-13-7-14(2)11-21(10-13)19(23)17-6-5-16(4)18(8-17)20-9-15(3)12-22/h5-6,8,13-15,20,22H,7,9-12H2,1-4H3/t13-,14-,15-/m1/s1. The summed E-state index contributed by atoms with van der Waals surface area (Å²) in [7, 11) is 0. The number of benzene rings is 1. The predicted molar refractivity (Wildman–Crippen MR) is 94.8 cm³/mol. The highest BCUT2D eigenvalue weighted by molar-refractivity contribution is 5.95. The minimum Gasteiger partial charge on any atom is -0.396 e. The van der Waals surface area contributed by atoms with Crippen LogP contribution in [0.1, 0.15) is 43.1 Å². The van der Waals surface area contributed by atoms with E-state index in [1.54, 1.807) is 0 Å². The number of likely N-dealkylation sites (tertiary alicyclic amines) is 1. The Bertz CT molecular complexity index is 534. The molecule has 2 N–H and O–H groups in total. The number of carbonyl (C=O) groups excluding carboxylic acids is 1. The minimum absolute atomic E-state index is 0.127. The monoisotopic (exact) mass is 318 g/mol. The Morgan fingerprint density at radius 3 is 2.61 bits per heavy atom. The van der Waals surface area contributed by atoms with Gasteiger partial charge in [-0.05, 0) is 48.8 Å². The predicted octanol–water partition coefficient (Wildman–Crippen LogP) is 3.15. The molecule has 1 aliphatic heterocycles. The molecule has 4 nitrogen and oxygen atoms in total. The molecule has 2 rings (SSSR count). The van der Waals surface area contributed by atoms with Gasteiger partial charge in [-0.25, -0.2) is 0 Å². The van der Waals surface area contributed by atoms with Gasteiger partial charge >= 0.3 is 0 Å². The maximum absolute atomic E-state index is 12.8. The van der Waals surface area contributed by atoms with Gasteiger partial charge in [-0.2, -0.15) is 0 Å². The first-order valence-corrected chi connectivity index (χ1v) is 8.65. The molecule has 128 valence electrons. The summed E-state index contributed by atoms with van der Waals surface area (Å²) >= 11 is 0. The molecule has 3 atom stereocenters. The smallest absolute Gasteiger partial charge is 0.253 e. The highest BCUT2D eigenvalue weighted by Crippen LogP contribution is 2.24. The third-order valence-electron chi connectivity index (χ3n) is 4.59. The minimum atomic E-state index is 0.127. The number of nitrogens with zero attached hydrogens (tertiary/aromatic N) is 1. The fraction of sp³-hybridized carbons (Fsp3) is 0.632. The Morgan fingerprint density at radius 2 is 2.00 bits per heavy atom. The van der Waals surface area contributed by atoms with Gasteiger partial charge in [0.1, 0.15) is 0 Å². The van der Waals surface area contributed by atoms with Gasteiger partial charge in [0.25, 0.3) is 5.91 Å². The molecule has 4 heteroatoms. The van der Waals surface area contributed by atoms with Crippen molar-refractivity contribution >= 4 is 11.6 Å². The second-order valence-corrected chi connectivity index (χ2v) is 7.35. The molecular weight excluding hydrogens is 288 g/mol. The van der Waals surface area contributed by atoms with Crippen LogP contribution in [0.4, 0.5) is 5.69 Å². The van der Waals surface area contributed by atoms with E-state index in [9.17, 15) is 4.79 Å². The summed E-state index contributed by atoms with van der Waals surface area (Å²) in [5, 5.41) is 12.5. The SMILES string of the molecule is Cc1ccc(C(=O)N2C[C@H](C)C[C@@H](C)C2)cc1NC[C@@H](C)CO. The zero-order chi connectivity index (χ0) is 17.0. The van der Waals surface area contributed by atoms with Crippen LogP contribution in [0, 0.1) is 24.7 Å². The van der Waals surface area contributed by atoms with Crippen molar-refractivity contribution in [2.45, 2.75) is 34.1 Å². The number of amides is 1. The lowest BCUT2D eigenvalue weighted by molar-refractivity contribution is 0.0623. The fourth-order valence-electron chi connectivity index (χ4n) is 3.31. The summed E-state index contributed by atoms with van der Waals surface area (Å²) in [6.07, 6.45) is 1.20. The molecule has 0 saturated carbocycles. The molecule has 1 heterocycles. The van der Waals surface area contributed by atoms with Crippen molar-refractivity contribution in [1.82, 2.24) is 4.90 Å². The maximum Gasteiger partial charge on any atom is 0.253 e. The molecule has 0 bridgehead atoms. The summed E-state index contributed by atoms with van der Waals surface area (Å²) < 4.78 is 0. The van der Waals surface area contributed by atoms with Gasteiger partial charge in [0, 0.05) is 37.5 Å². The zero-order valence-corrected chi connectivity index (χ0v) is 14.8. The second-order valence-electron chi connectivity index (χ2n) is 7.35. The first-order valence-electron chi connectivity index (χ1n) is 8.65. The molecule has 0 aromatic heterocycles. The van der Waals surface area contributed by atoms with Crippen LogP contribution in [0.5, 0.6) is 0 Å². The van der Waals surface area contributed by atoms with Crippen LogP contribution in [0.2, 0.25) is 0 Å². The average molecular weight is 318 g/mol. The summed E-state index contributed by atoms with van der Waals surface area (Å²) in [6.45, 7) is 11.0. The van der Waals surface area contributed by atoms with Gasteiger partial charge in [-0.3, -0.25) is 4.79 Å². The average Bonchev–Trinajstić information content (AvgIpc) is 2.52. The third-order valence-corrected chi connectivity index (χ3v) is 4.59. The molecular formula is C19H30N2O2. The molecule has 1 saturated heterocycles. The normalized spacial score (nSPS) is 22.7. The molecule has 0 radical (unpaired) electrons. The Hall–Kier alpha value is -1.55. The van der Waals surface area contributed by atoms with Gasteiger partial charge in [0.15, 0.2) is 0 Å². The van der Waals surface area contributed by atoms with Crippen molar-refractivity contribution in [3.05, 3.63) is 29.3 Å². The van der Waals surface area contributed by atoms with Crippen LogP contribution < -0.4 is 5.32 Å². The number of hydrogen-bond donors (Lipinski definition) is 2. The number of aliphatic hydroxyl groups is 1. The number of hydrogen-bond acceptors (Lipinski definition) is 3. The van der Waals surface area contributed by atoms with Crippen molar-refractivity contribution in [3.8, 4) is 0 Å². The zero-order valence-electron chi connectivity index (χ0n) is 14.8. The van der Waals surface area contributed by atoms with E-state index in [1.165, 1.54) is 6.42 Å². The van der Waals surface area contributed by atoms with Gasteiger partial charge < -0.3 is 15.3 Å². The van der Waals surface area contributed by atoms with Crippen molar-refractivity contribution in [2.24, 2.45) is 17.8 Å². The molecule has 0 spiro atoms. The number of aliphatic hydroxyl groups excluding tert-OH is 1. The summed E-state index contributed by atoms with van der Waals surface area (Å²) in [4.78, 5) is 14.8. The molecule has 0 unspecified atom stereocenters. The molecule has 0 aliphatic carbocycles. The van der Waals surface area contributed by atoms with Gasteiger partial charge in [0.2, 0.25) is 0 Å². The Kier molecular flexibility index (Phi) is 6.05. The van der Waals surface area contributed by atoms with E-state index in [0.717, 1.165) is 29.9 Å². The lowest BCUT2D eigenvalue weighted by atomic mass is 9.91. The summed E-state index contributed by atoms with van der Waals surface area (Å²) in [5.41, 5.74) is 2.84. The van der Waals surface area contributed by atoms with Crippen molar-refractivity contribution in [3.63, 3.8) is 0 Å². The van der Waals surface area contributed by atoms with Gasteiger partial charge in [0.05, 0.1) is 0 Å². The van der Waals surface area contributed by atoms with E-state index < -0.39 is 0 Å². The summed E-state index contributed by atoms with van der Waals surface area (Å²) in [6, 6.07) is 5.87. The number of anilines is 1. The number of carbonyl (C=O) groups is 1. The summed E-state index contributed by atoms with van der Waals surface area (Å²) in [5.74, 6) is 1.45. The molecule has 1 aromatic carbocycles. The van der Waals surface area contributed by atoms with Crippen LogP contribution in [-0.2, 0) is 0 Å². The Labute approximate surface area is 139 Å². The van der Waals surface area contributed by atoms with E-state index in [2.05, 4.69) is 19.2 Å². The number of aryl methyl sites for hydroxylation is 1. The Balaban J connectivity index is 2.11. The van der Waals surface area contributed by atoms with Crippen LogP contribution >= 0.6 is 0 Å². The fourth-order valence-corrected chi connectivity index (χ4v) is 3.31. The number of piperidine rings is 1. The number of rotatable bonds is 5. The van der Waals surface area contributed by atoms with Crippen LogP contribution in [0.15, 0.2) is 18.2 Å². The van der Waals surface area contributed by atoms with Crippen LogP contribution in [-0.4, -0.2) is 42.2 Å². The van der Waals surface area contributed by atoms with Crippen molar-refractivity contribution < 1.29 is 9.90 Å². The highest BCUT2D eigenvalue weighted by Gasteiger charge is 2.26. The largest absolute Gasteiger partial charge is 0.396 e. The molecule has 1 aliphatic rings. The molecule has 1 aromatic rings.